The Hall–Kier alpha value is -8.09. The van der Waals surface area contributed by atoms with Crippen LogP contribution in [0.15, 0.2) is 211 Å². The average Bonchev–Trinajstić information content (AvgIpc) is 4.16. The van der Waals surface area contributed by atoms with Gasteiger partial charge >= 0.3 is 0 Å². The van der Waals surface area contributed by atoms with E-state index in [4.69, 9.17) is 9.40 Å². The van der Waals surface area contributed by atoms with Crippen molar-refractivity contribution in [1.82, 2.24) is 24.5 Å². The van der Waals surface area contributed by atoms with Crippen molar-refractivity contribution < 1.29 is 4.42 Å². The van der Waals surface area contributed by atoms with E-state index in [9.17, 15) is 0 Å². The quantitative estimate of drug-likeness (QED) is 0.123. The molecule has 4 aromatic heterocycles. The number of hydrogen-bond acceptors (Lipinski definition) is 4. The number of nitrogens with zero attached hydrogens (tertiary/aromatic N) is 5. The number of fused-ring (bicyclic) bond motifs is 3. The van der Waals surface area contributed by atoms with Crippen molar-refractivity contribution in [2.45, 2.75) is 32.6 Å². The Kier molecular flexibility index (Phi) is 10.3. The Morgan fingerprint density at radius 1 is 0.422 bits per heavy atom. The Morgan fingerprint density at radius 3 is 1.66 bits per heavy atom. The monoisotopic (exact) mass is 827 g/mol. The average molecular weight is 828 g/mol. The van der Waals surface area contributed by atoms with Crippen LogP contribution in [0.25, 0.3) is 78.0 Å². The molecule has 0 amide bonds. The first-order valence-corrected chi connectivity index (χ1v) is 22.0. The van der Waals surface area contributed by atoms with Crippen LogP contribution < -0.4 is 0 Å². The number of aryl methyl sites for hydroxylation is 5. The highest BCUT2D eigenvalue weighted by atomic mass is 16.3. The summed E-state index contributed by atoms with van der Waals surface area (Å²) in [6.07, 6.45) is 13.2. The molecule has 64 heavy (non-hydrogen) atoms. The summed E-state index contributed by atoms with van der Waals surface area (Å²) in [7, 11) is 0. The van der Waals surface area contributed by atoms with Crippen molar-refractivity contribution in [2.24, 2.45) is 0 Å². The number of para-hydroxylation sites is 1. The summed E-state index contributed by atoms with van der Waals surface area (Å²) < 4.78 is 10.2. The van der Waals surface area contributed by atoms with Crippen molar-refractivity contribution in [3.05, 3.63) is 235 Å². The highest BCUT2D eigenvalue weighted by Gasteiger charge is 2.17. The minimum atomic E-state index is 0.876. The lowest BCUT2D eigenvalue weighted by Gasteiger charge is -2.18. The zero-order valence-electron chi connectivity index (χ0n) is 35.6. The van der Waals surface area contributed by atoms with Gasteiger partial charge in [0.05, 0.1) is 17.1 Å². The fourth-order valence-electron chi connectivity index (χ4n) is 8.94. The number of furan rings is 1. The van der Waals surface area contributed by atoms with Crippen molar-refractivity contribution >= 4 is 21.9 Å². The SMILES string of the molecule is Cc1ccc(-c2ccc(-c3ccccc3-c3cc(CCc4ccc(-n5cccn5)cc4)cc(CCc4ccc(-n5cccn5)cc4)c3)c(-c3ccc4c(c3)oc3ccccc34)c2)nc1. The zero-order chi connectivity index (χ0) is 42.8. The maximum Gasteiger partial charge on any atom is 0.136 e. The van der Waals surface area contributed by atoms with Gasteiger partial charge in [-0.15, -0.1) is 0 Å². The molecule has 0 saturated carbocycles. The van der Waals surface area contributed by atoms with E-state index in [2.05, 4.69) is 169 Å². The fraction of sp³-hybridized carbons (Fsp3) is 0.0862. The summed E-state index contributed by atoms with van der Waals surface area (Å²) >= 11 is 0. The minimum Gasteiger partial charge on any atom is -0.456 e. The molecule has 0 aliphatic rings. The van der Waals surface area contributed by atoms with Crippen LogP contribution in [0, 0.1) is 6.92 Å². The van der Waals surface area contributed by atoms with E-state index in [1.807, 2.05) is 64.6 Å². The summed E-state index contributed by atoms with van der Waals surface area (Å²) in [4.78, 5) is 4.83. The van der Waals surface area contributed by atoms with E-state index in [0.717, 1.165) is 92.5 Å². The van der Waals surface area contributed by atoms with Gasteiger partial charge in [-0.1, -0.05) is 109 Å². The first kappa shape index (κ1) is 38.8. The van der Waals surface area contributed by atoms with E-state index in [1.165, 1.54) is 38.9 Å². The largest absolute Gasteiger partial charge is 0.456 e. The number of aromatic nitrogens is 5. The highest BCUT2D eigenvalue weighted by molar-refractivity contribution is 6.06. The Bertz CT molecular complexity index is 3260. The van der Waals surface area contributed by atoms with Gasteiger partial charge in [0.1, 0.15) is 11.2 Å². The molecule has 11 rings (SSSR count). The predicted octanol–water partition coefficient (Wildman–Crippen LogP) is 13.9. The highest BCUT2D eigenvalue weighted by Crippen LogP contribution is 2.42. The van der Waals surface area contributed by atoms with Gasteiger partial charge in [-0.2, -0.15) is 10.2 Å². The number of pyridine rings is 1. The summed E-state index contributed by atoms with van der Waals surface area (Å²) in [5, 5.41) is 11.1. The number of rotatable bonds is 12. The molecule has 7 aromatic carbocycles. The normalized spacial score (nSPS) is 11.5. The van der Waals surface area contributed by atoms with Crippen LogP contribution in [-0.2, 0) is 25.7 Å². The van der Waals surface area contributed by atoms with Crippen LogP contribution in [0.3, 0.4) is 0 Å². The third-order valence-electron chi connectivity index (χ3n) is 12.3. The van der Waals surface area contributed by atoms with Crippen molar-refractivity contribution in [3.63, 3.8) is 0 Å². The molecule has 0 aliphatic heterocycles. The standard InChI is InChI=1S/C58H45N5O/c1-40-12-29-56(59-39-40)46-22-27-52(55(37-46)45-21-28-54-53-10-4-5-11-57(53)64-58(54)38-45)51-9-3-2-8-50(51)47-35-43(15-13-41-17-23-48(24-18-41)62-32-6-30-60-62)34-44(36-47)16-14-42-19-25-49(26-20-42)63-33-7-31-61-63/h2-12,17-39H,13-16H2,1H3. The maximum absolute atomic E-state index is 6.44. The third-order valence-corrected chi connectivity index (χ3v) is 12.3. The molecule has 0 spiro atoms. The van der Waals surface area contributed by atoms with E-state index in [0.29, 0.717) is 0 Å². The summed E-state index contributed by atoms with van der Waals surface area (Å²) in [6.45, 7) is 2.08. The predicted molar refractivity (Wildman–Crippen MR) is 260 cm³/mol. The second-order valence-corrected chi connectivity index (χ2v) is 16.6. The van der Waals surface area contributed by atoms with Crippen molar-refractivity contribution in [3.8, 4) is 56.0 Å². The molecular formula is C58H45N5O. The van der Waals surface area contributed by atoms with Gasteiger partial charge in [-0.3, -0.25) is 4.98 Å². The molecule has 6 heteroatoms. The van der Waals surface area contributed by atoms with Gasteiger partial charge in [0.15, 0.2) is 0 Å². The van der Waals surface area contributed by atoms with Crippen molar-refractivity contribution in [1.29, 1.82) is 0 Å². The molecule has 0 bridgehead atoms. The van der Waals surface area contributed by atoms with Crippen LogP contribution in [0.5, 0.6) is 0 Å². The molecule has 6 nitrogen and oxygen atoms in total. The van der Waals surface area contributed by atoms with Crippen LogP contribution in [0.1, 0.15) is 27.8 Å². The Labute approximate surface area is 372 Å². The van der Waals surface area contributed by atoms with Gasteiger partial charge in [0.25, 0.3) is 0 Å². The molecule has 0 aliphatic carbocycles. The van der Waals surface area contributed by atoms with E-state index in [-0.39, 0.29) is 0 Å². The first-order chi connectivity index (χ1) is 31.6. The van der Waals surface area contributed by atoms with E-state index < -0.39 is 0 Å². The second-order valence-electron chi connectivity index (χ2n) is 16.6. The summed E-state index contributed by atoms with van der Waals surface area (Å²) in [5.74, 6) is 0. The minimum absolute atomic E-state index is 0.876. The van der Waals surface area contributed by atoms with Crippen LogP contribution >= 0.6 is 0 Å². The van der Waals surface area contributed by atoms with Gasteiger partial charge < -0.3 is 4.42 Å². The molecule has 11 aromatic rings. The van der Waals surface area contributed by atoms with E-state index in [1.54, 1.807) is 0 Å². The first-order valence-electron chi connectivity index (χ1n) is 22.0. The zero-order valence-corrected chi connectivity index (χ0v) is 35.6. The van der Waals surface area contributed by atoms with Crippen LogP contribution in [0.2, 0.25) is 0 Å². The van der Waals surface area contributed by atoms with Gasteiger partial charge in [-0.05, 0) is 161 Å². The molecule has 0 radical (unpaired) electrons. The van der Waals surface area contributed by atoms with Crippen LogP contribution in [-0.4, -0.2) is 24.5 Å². The van der Waals surface area contributed by atoms with Crippen LogP contribution in [0.4, 0.5) is 0 Å². The molecule has 308 valence electrons. The van der Waals surface area contributed by atoms with Crippen molar-refractivity contribution in [2.75, 3.05) is 0 Å². The summed E-state index contributed by atoms with van der Waals surface area (Å²) in [6, 6.07) is 63.5. The number of benzene rings is 7. The summed E-state index contributed by atoms with van der Waals surface area (Å²) in [5.41, 5.74) is 19.3. The van der Waals surface area contributed by atoms with Gasteiger partial charge in [0, 0.05) is 47.3 Å². The van der Waals surface area contributed by atoms with Gasteiger partial charge in [0.2, 0.25) is 0 Å². The van der Waals surface area contributed by atoms with E-state index >= 15 is 0 Å². The topological polar surface area (TPSA) is 61.7 Å². The molecule has 0 atom stereocenters. The molecule has 0 saturated heterocycles. The Balaban J connectivity index is 0.984. The third kappa shape index (κ3) is 7.94. The maximum atomic E-state index is 6.44. The molecule has 0 unspecified atom stereocenters. The molecule has 4 heterocycles. The lowest BCUT2D eigenvalue weighted by atomic mass is 9.86. The number of hydrogen-bond donors (Lipinski definition) is 0. The Morgan fingerprint density at radius 2 is 1.02 bits per heavy atom. The molecule has 0 fully saturated rings. The smallest absolute Gasteiger partial charge is 0.136 e. The second kappa shape index (κ2) is 17.0. The van der Waals surface area contributed by atoms with Gasteiger partial charge in [-0.25, -0.2) is 9.36 Å². The fourth-order valence-corrected chi connectivity index (χ4v) is 8.94. The lowest BCUT2D eigenvalue weighted by molar-refractivity contribution is 0.669. The molecular weight excluding hydrogens is 783 g/mol. The lowest BCUT2D eigenvalue weighted by Crippen LogP contribution is -1.99. The molecule has 0 N–H and O–H groups in total.